The third kappa shape index (κ3) is 3.68. The monoisotopic (exact) mass is 391 g/mol. The van der Waals surface area contributed by atoms with Gasteiger partial charge in [-0.25, -0.2) is 9.67 Å². The Kier molecular flexibility index (Phi) is 5.32. The first-order chi connectivity index (χ1) is 11.7. The zero-order valence-electron chi connectivity index (χ0n) is 13.5. The van der Waals surface area contributed by atoms with Gasteiger partial charge in [0.2, 0.25) is 5.88 Å². The molecular formula is C17H18BrN3O3. The lowest BCUT2D eigenvalue weighted by molar-refractivity contribution is 0.144. The highest BCUT2D eigenvalue weighted by atomic mass is 79.9. The first-order valence-corrected chi connectivity index (χ1v) is 8.27. The molecule has 0 saturated heterocycles. The van der Waals surface area contributed by atoms with E-state index in [4.69, 9.17) is 14.2 Å². The van der Waals surface area contributed by atoms with Gasteiger partial charge in [0.05, 0.1) is 25.6 Å². The van der Waals surface area contributed by atoms with Crippen molar-refractivity contribution in [2.24, 2.45) is 0 Å². The number of benzene rings is 1. The lowest BCUT2D eigenvalue weighted by Crippen LogP contribution is -2.06. The van der Waals surface area contributed by atoms with E-state index in [1.165, 1.54) is 0 Å². The molecule has 0 aliphatic carbocycles. The molecule has 0 spiro atoms. The van der Waals surface area contributed by atoms with E-state index in [1.807, 2.05) is 35.0 Å². The van der Waals surface area contributed by atoms with Crippen LogP contribution in [-0.2, 0) is 11.3 Å². The Labute approximate surface area is 148 Å². The summed E-state index contributed by atoms with van der Waals surface area (Å²) in [5.41, 5.74) is 1.88. The molecule has 0 amide bonds. The van der Waals surface area contributed by atoms with E-state index in [-0.39, 0.29) is 0 Å². The van der Waals surface area contributed by atoms with Crippen molar-refractivity contribution in [2.75, 3.05) is 27.4 Å². The van der Waals surface area contributed by atoms with Crippen molar-refractivity contribution in [3.8, 4) is 11.6 Å². The minimum absolute atomic E-state index is 0.442. The number of pyridine rings is 1. The van der Waals surface area contributed by atoms with Gasteiger partial charge in [-0.1, -0.05) is 12.1 Å². The van der Waals surface area contributed by atoms with Gasteiger partial charge in [0, 0.05) is 17.8 Å². The number of rotatable bonds is 7. The first kappa shape index (κ1) is 16.7. The van der Waals surface area contributed by atoms with Crippen molar-refractivity contribution in [3.05, 3.63) is 46.6 Å². The van der Waals surface area contributed by atoms with Gasteiger partial charge in [0.15, 0.2) is 5.65 Å². The van der Waals surface area contributed by atoms with E-state index in [0.717, 1.165) is 26.8 Å². The molecular weight excluding hydrogens is 374 g/mol. The fourth-order valence-electron chi connectivity index (χ4n) is 2.35. The second-order valence-corrected chi connectivity index (χ2v) is 6.09. The normalized spacial score (nSPS) is 11.0. The van der Waals surface area contributed by atoms with Crippen LogP contribution < -0.4 is 9.47 Å². The molecule has 24 heavy (non-hydrogen) atoms. The fraction of sp³-hybridized carbons (Fsp3) is 0.294. The van der Waals surface area contributed by atoms with Crippen LogP contribution in [0.25, 0.3) is 11.0 Å². The van der Waals surface area contributed by atoms with Crippen molar-refractivity contribution < 1.29 is 14.2 Å². The zero-order valence-corrected chi connectivity index (χ0v) is 15.1. The van der Waals surface area contributed by atoms with Gasteiger partial charge in [-0.3, -0.25) is 0 Å². The Morgan fingerprint density at radius 2 is 1.92 bits per heavy atom. The maximum atomic E-state index is 5.73. The van der Waals surface area contributed by atoms with E-state index in [9.17, 15) is 0 Å². The molecule has 0 atom stereocenters. The van der Waals surface area contributed by atoms with Crippen LogP contribution in [0.4, 0.5) is 0 Å². The average molecular weight is 392 g/mol. The minimum Gasteiger partial charge on any atom is -0.497 e. The van der Waals surface area contributed by atoms with Crippen LogP contribution in [0.3, 0.4) is 0 Å². The molecule has 2 aromatic heterocycles. The van der Waals surface area contributed by atoms with E-state index >= 15 is 0 Å². The molecule has 0 fully saturated rings. The highest BCUT2D eigenvalue weighted by Gasteiger charge is 2.14. The second kappa shape index (κ2) is 7.63. The molecule has 0 bridgehead atoms. The largest absolute Gasteiger partial charge is 0.497 e. The summed E-state index contributed by atoms with van der Waals surface area (Å²) in [5, 5.41) is 5.43. The van der Waals surface area contributed by atoms with Gasteiger partial charge >= 0.3 is 0 Å². The molecule has 3 aromatic rings. The molecule has 126 valence electrons. The van der Waals surface area contributed by atoms with Crippen LogP contribution in [0.1, 0.15) is 5.56 Å². The summed E-state index contributed by atoms with van der Waals surface area (Å²) in [6, 6.07) is 9.84. The number of nitrogens with zero attached hydrogens (tertiary/aromatic N) is 3. The van der Waals surface area contributed by atoms with Crippen LogP contribution in [0.2, 0.25) is 0 Å². The maximum absolute atomic E-state index is 5.73. The van der Waals surface area contributed by atoms with Gasteiger partial charge in [-0.2, -0.15) is 0 Å². The molecule has 6 nitrogen and oxygen atoms in total. The molecule has 0 unspecified atom stereocenters. The van der Waals surface area contributed by atoms with Crippen LogP contribution in [0.5, 0.6) is 11.6 Å². The van der Waals surface area contributed by atoms with E-state index < -0.39 is 0 Å². The molecule has 0 N–H and O–H groups in total. The molecule has 1 aromatic carbocycles. The van der Waals surface area contributed by atoms with Crippen LogP contribution >= 0.6 is 15.9 Å². The van der Waals surface area contributed by atoms with Crippen molar-refractivity contribution >= 4 is 27.0 Å². The topological polar surface area (TPSA) is 58.4 Å². The Hall–Kier alpha value is -2.12. The smallest absolute Gasteiger partial charge is 0.242 e. The lowest BCUT2D eigenvalue weighted by atomic mass is 10.2. The molecule has 7 heteroatoms. The lowest BCUT2D eigenvalue weighted by Gasteiger charge is -2.05. The van der Waals surface area contributed by atoms with Crippen LogP contribution in [-0.4, -0.2) is 42.2 Å². The highest BCUT2D eigenvalue weighted by molar-refractivity contribution is 9.10. The third-order valence-corrected chi connectivity index (χ3v) is 3.97. The molecule has 2 heterocycles. The molecule has 3 rings (SSSR count). The number of aromatic nitrogens is 3. The van der Waals surface area contributed by atoms with Crippen molar-refractivity contribution in [3.63, 3.8) is 0 Å². The number of hydrogen-bond acceptors (Lipinski definition) is 5. The van der Waals surface area contributed by atoms with Crippen molar-refractivity contribution in [1.29, 1.82) is 0 Å². The number of hydrogen-bond donors (Lipinski definition) is 0. The van der Waals surface area contributed by atoms with Crippen molar-refractivity contribution in [1.82, 2.24) is 14.8 Å². The summed E-state index contributed by atoms with van der Waals surface area (Å²) in [6.45, 7) is 1.55. The Balaban J connectivity index is 1.91. The third-order valence-electron chi connectivity index (χ3n) is 3.54. The SMILES string of the molecule is COCCOc1nn(Cc2ccc(OC)cc2)c2ncc(Br)cc12. The van der Waals surface area contributed by atoms with Gasteiger partial charge in [0.1, 0.15) is 12.4 Å². The Morgan fingerprint density at radius 1 is 1.12 bits per heavy atom. The highest BCUT2D eigenvalue weighted by Crippen LogP contribution is 2.27. The summed E-state index contributed by atoms with van der Waals surface area (Å²) >= 11 is 3.45. The fourth-order valence-corrected chi connectivity index (χ4v) is 2.68. The summed E-state index contributed by atoms with van der Waals surface area (Å²) in [4.78, 5) is 4.48. The second-order valence-electron chi connectivity index (χ2n) is 5.18. The predicted octanol–water partition coefficient (Wildman–Crippen LogP) is 3.28. The zero-order chi connectivity index (χ0) is 16.9. The minimum atomic E-state index is 0.442. The number of ether oxygens (including phenoxy) is 3. The Bertz CT molecular complexity index is 818. The summed E-state index contributed by atoms with van der Waals surface area (Å²) < 4.78 is 18.7. The maximum Gasteiger partial charge on any atom is 0.242 e. The molecule has 0 aliphatic heterocycles. The quantitative estimate of drug-likeness (QED) is 0.578. The standard InChI is InChI=1S/C17H18BrN3O3/c1-22-7-8-24-17-15-9-13(18)10-19-16(15)21(20-17)11-12-3-5-14(23-2)6-4-12/h3-6,9-10H,7-8,11H2,1-2H3. The average Bonchev–Trinajstić information content (AvgIpc) is 2.93. The summed E-state index contributed by atoms with van der Waals surface area (Å²) in [6.07, 6.45) is 1.76. The Morgan fingerprint density at radius 3 is 2.62 bits per heavy atom. The number of fused-ring (bicyclic) bond motifs is 1. The summed E-state index contributed by atoms with van der Waals surface area (Å²) in [7, 11) is 3.29. The van der Waals surface area contributed by atoms with Crippen LogP contribution in [0, 0.1) is 0 Å². The van der Waals surface area contributed by atoms with E-state index in [0.29, 0.717) is 25.6 Å². The van der Waals surface area contributed by atoms with Gasteiger partial charge < -0.3 is 14.2 Å². The molecule has 0 aliphatic rings. The van der Waals surface area contributed by atoms with Gasteiger partial charge in [-0.05, 0) is 39.7 Å². The molecule has 0 radical (unpaired) electrons. The van der Waals surface area contributed by atoms with Gasteiger partial charge in [-0.15, -0.1) is 5.10 Å². The molecule has 0 saturated carbocycles. The predicted molar refractivity (Wildman–Crippen MR) is 94.7 cm³/mol. The van der Waals surface area contributed by atoms with Gasteiger partial charge in [0.25, 0.3) is 0 Å². The number of methoxy groups -OCH3 is 2. The van der Waals surface area contributed by atoms with E-state index in [1.54, 1.807) is 20.4 Å². The summed E-state index contributed by atoms with van der Waals surface area (Å²) in [5.74, 6) is 1.39. The number of halogens is 1. The van der Waals surface area contributed by atoms with Crippen molar-refractivity contribution in [2.45, 2.75) is 6.54 Å². The van der Waals surface area contributed by atoms with Crippen LogP contribution in [0.15, 0.2) is 41.0 Å². The van der Waals surface area contributed by atoms with E-state index in [2.05, 4.69) is 26.0 Å². The first-order valence-electron chi connectivity index (χ1n) is 7.48.